The summed E-state index contributed by atoms with van der Waals surface area (Å²) >= 11 is 2.71. The molecule has 102 valence electrons. The van der Waals surface area contributed by atoms with Crippen molar-refractivity contribution < 1.29 is 36.2 Å². The van der Waals surface area contributed by atoms with Gasteiger partial charge in [0.05, 0.1) is 0 Å². The maximum Gasteiger partial charge on any atom is 0.574 e. The third-order valence-corrected chi connectivity index (χ3v) is 2.34. The molecule has 0 saturated heterocycles. The van der Waals surface area contributed by atoms with Crippen LogP contribution < -0.4 is 4.74 Å². The Balaban J connectivity index is 3.35. The first kappa shape index (κ1) is 14.9. The minimum Gasteiger partial charge on any atom is -0.503 e. The average molecular weight is 340 g/mol. The fraction of sp³-hybridized carbons (Fsp3) is 0.375. The zero-order valence-corrected chi connectivity index (χ0v) is 9.82. The number of alkyl halides is 7. The molecule has 0 aromatic carbocycles. The average Bonchev–Trinajstić information content (AvgIpc) is 2.16. The van der Waals surface area contributed by atoms with Gasteiger partial charge < -0.3 is 9.84 Å². The van der Waals surface area contributed by atoms with E-state index in [1.54, 1.807) is 0 Å². The van der Waals surface area contributed by atoms with Gasteiger partial charge >= 0.3 is 12.5 Å². The van der Waals surface area contributed by atoms with Crippen LogP contribution >= 0.6 is 15.9 Å². The third kappa shape index (κ3) is 3.40. The highest BCUT2D eigenvalue weighted by atomic mass is 79.9. The molecule has 0 saturated carbocycles. The molecule has 0 aliphatic rings. The van der Waals surface area contributed by atoms with Crippen molar-refractivity contribution in [3.63, 3.8) is 0 Å². The summed E-state index contributed by atoms with van der Waals surface area (Å²) in [5, 5.41) is 8.83. The Hall–Kier alpha value is -1.19. The van der Waals surface area contributed by atoms with Crippen LogP contribution in [0.5, 0.6) is 11.6 Å². The van der Waals surface area contributed by atoms with Crippen LogP contribution in [0.15, 0.2) is 6.20 Å². The number of aromatic nitrogens is 1. The number of rotatable bonds is 2. The molecule has 0 amide bonds. The van der Waals surface area contributed by atoms with Crippen LogP contribution in [0, 0.1) is 0 Å². The fourth-order valence-corrected chi connectivity index (χ4v) is 1.55. The predicted octanol–water partition coefficient (Wildman–Crippen LogP) is 3.60. The van der Waals surface area contributed by atoms with Crippen LogP contribution in [0.4, 0.5) is 26.3 Å². The highest BCUT2D eigenvalue weighted by Gasteiger charge is 2.41. The lowest BCUT2D eigenvalue weighted by Crippen LogP contribution is -2.19. The van der Waals surface area contributed by atoms with E-state index in [-0.39, 0.29) is 5.33 Å². The van der Waals surface area contributed by atoms with Gasteiger partial charge in [-0.1, -0.05) is 15.9 Å². The fourth-order valence-electron chi connectivity index (χ4n) is 1.12. The Morgan fingerprint density at radius 3 is 2.17 bits per heavy atom. The van der Waals surface area contributed by atoms with Gasteiger partial charge in [-0.15, -0.1) is 13.2 Å². The second kappa shape index (κ2) is 4.82. The van der Waals surface area contributed by atoms with Gasteiger partial charge in [-0.2, -0.15) is 13.2 Å². The quantitative estimate of drug-likeness (QED) is 0.661. The summed E-state index contributed by atoms with van der Waals surface area (Å²) in [7, 11) is 0. The summed E-state index contributed by atoms with van der Waals surface area (Å²) in [5.74, 6) is -3.24. The molecule has 0 atom stereocenters. The number of nitrogens with zero attached hydrogens (tertiary/aromatic N) is 1. The van der Waals surface area contributed by atoms with Crippen LogP contribution in [0.1, 0.15) is 11.1 Å². The Morgan fingerprint density at radius 1 is 1.22 bits per heavy atom. The first-order chi connectivity index (χ1) is 8.06. The van der Waals surface area contributed by atoms with Gasteiger partial charge in [-0.25, -0.2) is 4.98 Å². The molecular formula is C8H4BrF6NO2. The van der Waals surface area contributed by atoms with E-state index in [4.69, 9.17) is 0 Å². The Labute approximate surface area is 105 Å². The lowest BCUT2D eigenvalue weighted by molar-refractivity contribution is -0.276. The second-order valence-corrected chi connectivity index (χ2v) is 3.55. The van der Waals surface area contributed by atoms with E-state index >= 15 is 0 Å². The normalized spacial score (nSPS) is 12.6. The third-order valence-electron chi connectivity index (χ3n) is 1.74. The van der Waals surface area contributed by atoms with Crippen LogP contribution in [0.25, 0.3) is 0 Å². The number of halogens is 7. The largest absolute Gasteiger partial charge is 0.574 e. The van der Waals surface area contributed by atoms with Gasteiger partial charge in [0.15, 0.2) is 5.75 Å². The van der Waals surface area contributed by atoms with E-state index in [9.17, 15) is 31.4 Å². The van der Waals surface area contributed by atoms with Gasteiger partial charge in [0.25, 0.3) is 5.88 Å². The molecule has 3 nitrogen and oxygen atoms in total. The van der Waals surface area contributed by atoms with E-state index in [1.165, 1.54) is 0 Å². The molecule has 10 heteroatoms. The number of hydrogen-bond donors (Lipinski definition) is 1. The van der Waals surface area contributed by atoms with E-state index in [0.717, 1.165) is 0 Å². The second-order valence-electron chi connectivity index (χ2n) is 2.99. The van der Waals surface area contributed by atoms with Gasteiger partial charge in [0, 0.05) is 11.5 Å². The molecule has 1 heterocycles. The molecule has 0 aliphatic heterocycles. The monoisotopic (exact) mass is 339 g/mol. The molecule has 0 unspecified atom stereocenters. The minimum absolute atomic E-state index is 0.339. The van der Waals surface area contributed by atoms with Crippen molar-refractivity contribution in [2.45, 2.75) is 17.9 Å². The minimum atomic E-state index is -5.25. The maximum atomic E-state index is 12.6. The molecule has 1 rings (SSSR count). The first-order valence-electron chi connectivity index (χ1n) is 4.16. The molecular weight excluding hydrogens is 336 g/mol. The zero-order valence-electron chi connectivity index (χ0n) is 8.23. The molecule has 0 radical (unpaired) electrons. The number of ether oxygens (including phenoxy) is 1. The van der Waals surface area contributed by atoms with Crippen molar-refractivity contribution in [1.29, 1.82) is 0 Å². The molecule has 0 fully saturated rings. The zero-order chi connectivity index (χ0) is 14.1. The van der Waals surface area contributed by atoms with Crippen LogP contribution in [0.3, 0.4) is 0 Å². The van der Waals surface area contributed by atoms with Crippen LogP contribution in [0.2, 0.25) is 0 Å². The van der Waals surface area contributed by atoms with Gasteiger partial charge in [0.1, 0.15) is 5.56 Å². The van der Waals surface area contributed by atoms with Gasteiger partial charge in [-0.05, 0) is 5.56 Å². The van der Waals surface area contributed by atoms with Crippen molar-refractivity contribution in [2.75, 3.05) is 0 Å². The lowest BCUT2D eigenvalue weighted by atomic mass is 10.1. The SMILES string of the molecule is Oc1c(OC(F)(F)F)ncc(CBr)c1C(F)(F)F. The molecule has 0 spiro atoms. The Bertz CT molecular complexity index is 444. The highest BCUT2D eigenvalue weighted by molar-refractivity contribution is 9.08. The van der Waals surface area contributed by atoms with E-state index in [0.29, 0.717) is 6.20 Å². The van der Waals surface area contributed by atoms with Gasteiger partial charge in [-0.3, -0.25) is 0 Å². The van der Waals surface area contributed by atoms with E-state index in [1.807, 2.05) is 0 Å². The summed E-state index contributed by atoms with van der Waals surface area (Å²) in [6.45, 7) is 0. The van der Waals surface area contributed by atoms with Crippen molar-refractivity contribution in [1.82, 2.24) is 4.98 Å². The Morgan fingerprint density at radius 2 is 1.78 bits per heavy atom. The molecule has 18 heavy (non-hydrogen) atoms. The first-order valence-corrected chi connectivity index (χ1v) is 5.28. The smallest absolute Gasteiger partial charge is 0.503 e. The molecule has 1 aromatic heterocycles. The predicted molar refractivity (Wildman–Crippen MR) is 50.2 cm³/mol. The summed E-state index contributed by atoms with van der Waals surface area (Å²) in [6.07, 6.45) is -9.73. The highest BCUT2D eigenvalue weighted by Crippen LogP contribution is 2.43. The maximum absolute atomic E-state index is 12.6. The van der Waals surface area contributed by atoms with Crippen molar-refractivity contribution >= 4 is 15.9 Å². The molecule has 1 aromatic rings. The van der Waals surface area contributed by atoms with Gasteiger partial charge in [0.2, 0.25) is 0 Å². The lowest BCUT2D eigenvalue weighted by Gasteiger charge is -2.16. The van der Waals surface area contributed by atoms with Crippen LogP contribution in [-0.2, 0) is 11.5 Å². The number of hydrogen-bond acceptors (Lipinski definition) is 3. The van der Waals surface area contributed by atoms with E-state index < -0.39 is 35.3 Å². The molecule has 0 bridgehead atoms. The van der Waals surface area contributed by atoms with E-state index in [2.05, 4.69) is 25.7 Å². The molecule has 1 N–H and O–H groups in total. The van der Waals surface area contributed by atoms with Crippen molar-refractivity contribution in [3.8, 4) is 11.6 Å². The topological polar surface area (TPSA) is 42.4 Å². The standard InChI is InChI=1S/C8H4BrF6NO2/c9-1-3-2-16-6(18-8(13,14)15)5(17)4(3)7(10,11)12/h2,17H,1H2. The number of aromatic hydroxyl groups is 1. The van der Waals surface area contributed by atoms with Crippen molar-refractivity contribution in [2.24, 2.45) is 0 Å². The molecule has 0 aliphatic carbocycles. The Kier molecular flexibility index (Phi) is 3.99. The summed E-state index contributed by atoms with van der Waals surface area (Å²) in [6, 6.07) is 0. The summed E-state index contributed by atoms with van der Waals surface area (Å²) in [5.41, 5.74) is -2.12. The van der Waals surface area contributed by atoms with Crippen molar-refractivity contribution in [3.05, 3.63) is 17.3 Å². The summed E-state index contributed by atoms with van der Waals surface area (Å²) in [4.78, 5) is 2.99. The summed E-state index contributed by atoms with van der Waals surface area (Å²) < 4.78 is 76.5. The number of pyridine rings is 1. The van der Waals surface area contributed by atoms with Crippen LogP contribution in [-0.4, -0.2) is 16.5 Å².